The monoisotopic (exact) mass is 704 g/mol. The molecule has 1 aliphatic heterocycles. The third-order valence-electron chi connectivity index (χ3n) is 11.2. The zero-order valence-electron chi connectivity index (χ0n) is 30.6. The molecule has 0 spiro atoms. The van der Waals surface area contributed by atoms with Crippen molar-refractivity contribution >= 4 is 29.2 Å². The van der Waals surface area contributed by atoms with Gasteiger partial charge in [0.1, 0.15) is 17.7 Å². The van der Waals surface area contributed by atoms with E-state index in [-0.39, 0.29) is 35.5 Å². The Balaban J connectivity index is 1.12. The van der Waals surface area contributed by atoms with E-state index in [0.717, 1.165) is 59.1 Å². The second-order valence-corrected chi connectivity index (χ2v) is 16.9. The van der Waals surface area contributed by atoms with E-state index in [4.69, 9.17) is 24.2 Å². The third-order valence-corrected chi connectivity index (χ3v) is 12.6. The Bertz CT molecular complexity index is 1520. The quantitative estimate of drug-likeness (QED) is 0.279. The number of thiazole rings is 1. The molecule has 2 aromatic rings. The number of ether oxygens (including phenoxy) is 3. The van der Waals surface area contributed by atoms with E-state index < -0.39 is 0 Å². The number of alkyl carbamates (subject to hydrolysis) is 1. The Morgan fingerprint density at radius 2 is 1.76 bits per heavy atom. The van der Waals surface area contributed by atoms with Gasteiger partial charge in [0.05, 0.1) is 17.0 Å². The standard InChI is InChI=1S/C40H56N4O5S/c1-26-22-30(12-15-34(26)47-5)28-8-6-27(7-9-28)25-44(36-23-31(16-19-41-36)35-24-42-38(50-35)40(2,3)4)37(45)29-10-13-33(14-11-29)49-39(46)43-32-17-20-48-21-18-32/h12,15-16,19,23-24,27-30,32-33H,6-11,13-14,17-18,20-22,25H2,1-5H3,(H,43,46). The van der Waals surface area contributed by atoms with Gasteiger partial charge in [0, 0.05) is 49.5 Å². The summed E-state index contributed by atoms with van der Waals surface area (Å²) in [5, 5.41) is 4.10. The molecule has 0 aromatic carbocycles. The number of amides is 2. The molecule has 1 unspecified atom stereocenters. The van der Waals surface area contributed by atoms with Crippen molar-refractivity contribution in [2.24, 2.45) is 23.7 Å². The number of methoxy groups -OCH3 is 1. The van der Waals surface area contributed by atoms with E-state index >= 15 is 0 Å². The van der Waals surface area contributed by atoms with Gasteiger partial charge >= 0.3 is 6.09 Å². The highest BCUT2D eigenvalue weighted by atomic mass is 32.1. The largest absolute Gasteiger partial charge is 0.497 e. The number of nitrogens with one attached hydrogen (secondary N) is 1. The molecule has 0 radical (unpaired) electrons. The van der Waals surface area contributed by atoms with Gasteiger partial charge in [0.2, 0.25) is 5.91 Å². The molecule has 6 rings (SSSR count). The minimum Gasteiger partial charge on any atom is -0.497 e. The zero-order valence-corrected chi connectivity index (χ0v) is 31.4. The predicted molar refractivity (Wildman–Crippen MR) is 198 cm³/mol. The first kappa shape index (κ1) is 36.5. The van der Waals surface area contributed by atoms with E-state index in [1.807, 2.05) is 23.4 Å². The number of carbonyl (C=O) groups excluding carboxylic acids is 2. The summed E-state index contributed by atoms with van der Waals surface area (Å²) in [4.78, 5) is 39.7. The first-order valence-electron chi connectivity index (χ1n) is 18.8. The van der Waals surface area contributed by atoms with Crippen molar-refractivity contribution < 1.29 is 23.8 Å². The van der Waals surface area contributed by atoms with Crippen LogP contribution in [0.2, 0.25) is 0 Å². The van der Waals surface area contributed by atoms with Gasteiger partial charge in [-0.15, -0.1) is 11.3 Å². The molecular weight excluding hydrogens is 649 g/mol. The number of anilines is 1. The van der Waals surface area contributed by atoms with Crippen LogP contribution in [0.1, 0.15) is 103 Å². The van der Waals surface area contributed by atoms with Gasteiger partial charge in [-0.1, -0.05) is 26.8 Å². The summed E-state index contributed by atoms with van der Waals surface area (Å²) < 4.78 is 16.8. The minimum absolute atomic E-state index is 0.0256. The van der Waals surface area contributed by atoms with Crippen molar-refractivity contribution in [3.63, 3.8) is 0 Å². The number of allylic oxidation sites excluding steroid dienone is 3. The lowest BCUT2D eigenvalue weighted by molar-refractivity contribution is -0.124. The van der Waals surface area contributed by atoms with Crippen LogP contribution >= 0.6 is 11.3 Å². The fourth-order valence-corrected chi connectivity index (χ4v) is 9.08. The van der Waals surface area contributed by atoms with E-state index in [9.17, 15) is 9.59 Å². The summed E-state index contributed by atoms with van der Waals surface area (Å²) >= 11 is 1.70. The molecule has 9 nitrogen and oxygen atoms in total. The summed E-state index contributed by atoms with van der Waals surface area (Å²) in [6, 6.07) is 4.21. The molecule has 272 valence electrons. The summed E-state index contributed by atoms with van der Waals surface area (Å²) in [6.07, 6.45) is 17.8. The van der Waals surface area contributed by atoms with Crippen LogP contribution in [0.5, 0.6) is 0 Å². The zero-order chi connectivity index (χ0) is 35.3. The number of hydrogen-bond donors (Lipinski definition) is 1. The van der Waals surface area contributed by atoms with Gasteiger partial charge in [-0.3, -0.25) is 9.69 Å². The van der Waals surface area contributed by atoms with Gasteiger partial charge in [-0.2, -0.15) is 0 Å². The second-order valence-electron chi connectivity index (χ2n) is 15.9. The maximum atomic E-state index is 14.5. The van der Waals surface area contributed by atoms with Crippen LogP contribution < -0.4 is 10.2 Å². The van der Waals surface area contributed by atoms with E-state index in [1.165, 1.54) is 18.4 Å². The summed E-state index contributed by atoms with van der Waals surface area (Å²) in [5.74, 6) is 3.38. The van der Waals surface area contributed by atoms with Crippen LogP contribution in [0.15, 0.2) is 48.0 Å². The number of nitrogens with zero attached hydrogens (tertiary/aromatic N) is 3. The molecule has 3 heterocycles. The number of hydrogen-bond acceptors (Lipinski definition) is 8. The molecule has 3 fully saturated rings. The van der Waals surface area contributed by atoms with Crippen LogP contribution in [0.25, 0.3) is 10.4 Å². The van der Waals surface area contributed by atoms with Gasteiger partial charge in [-0.05, 0) is 125 Å². The van der Waals surface area contributed by atoms with Crippen molar-refractivity contribution in [1.29, 1.82) is 0 Å². The Hall–Kier alpha value is -3.24. The van der Waals surface area contributed by atoms with Gasteiger partial charge in [0.25, 0.3) is 0 Å². The lowest BCUT2D eigenvalue weighted by Crippen LogP contribution is -2.44. The topological polar surface area (TPSA) is 103 Å². The molecule has 2 aromatic heterocycles. The molecule has 1 saturated heterocycles. The molecule has 2 saturated carbocycles. The Morgan fingerprint density at radius 3 is 2.42 bits per heavy atom. The van der Waals surface area contributed by atoms with Crippen molar-refractivity contribution in [3.8, 4) is 10.4 Å². The number of aromatic nitrogens is 2. The normalized spacial score (nSPS) is 26.4. The Morgan fingerprint density at radius 1 is 1.02 bits per heavy atom. The summed E-state index contributed by atoms with van der Waals surface area (Å²) in [5.41, 5.74) is 2.35. The number of carbonyl (C=O) groups is 2. The SMILES string of the molecule is COC1=C(C)CC(C2CCC(CN(C(=O)C3CCC(OC(=O)NC4CCOCC4)CC3)c3cc(-c4cnc(C(C)(C)C)s4)ccn3)CC2)C=C1. The van der Waals surface area contributed by atoms with Crippen LogP contribution in [0.4, 0.5) is 10.6 Å². The maximum Gasteiger partial charge on any atom is 0.407 e. The maximum absolute atomic E-state index is 14.5. The van der Waals surface area contributed by atoms with E-state index in [0.29, 0.717) is 63.2 Å². The Labute approximate surface area is 302 Å². The van der Waals surface area contributed by atoms with Crippen molar-refractivity contribution in [2.45, 2.75) is 116 Å². The molecule has 4 aliphatic rings. The van der Waals surface area contributed by atoms with E-state index in [2.05, 4.69) is 51.2 Å². The van der Waals surface area contributed by atoms with Gasteiger partial charge in [0.15, 0.2) is 0 Å². The molecule has 1 N–H and O–H groups in total. The fraction of sp³-hybridized carbons (Fsp3) is 0.650. The van der Waals surface area contributed by atoms with Crippen molar-refractivity contribution in [3.05, 3.63) is 53.0 Å². The van der Waals surface area contributed by atoms with Crippen LogP contribution in [-0.2, 0) is 24.4 Å². The van der Waals surface area contributed by atoms with Crippen LogP contribution in [0, 0.1) is 23.7 Å². The molecule has 1 atom stereocenters. The van der Waals surface area contributed by atoms with Gasteiger partial charge < -0.3 is 19.5 Å². The first-order valence-corrected chi connectivity index (χ1v) is 19.6. The molecule has 0 bridgehead atoms. The molecule has 50 heavy (non-hydrogen) atoms. The first-order chi connectivity index (χ1) is 24.1. The lowest BCUT2D eigenvalue weighted by Gasteiger charge is -2.37. The fourth-order valence-electron chi connectivity index (χ4n) is 8.11. The highest BCUT2D eigenvalue weighted by Gasteiger charge is 2.35. The average molecular weight is 705 g/mol. The molecule has 2 amide bonds. The average Bonchev–Trinajstić information content (AvgIpc) is 3.63. The smallest absolute Gasteiger partial charge is 0.407 e. The Kier molecular flexibility index (Phi) is 12.0. The van der Waals surface area contributed by atoms with Crippen molar-refractivity contribution in [2.75, 3.05) is 31.8 Å². The second kappa shape index (κ2) is 16.4. The van der Waals surface area contributed by atoms with Gasteiger partial charge in [-0.25, -0.2) is 14.8 Å². The van der Waals surface area contributed by atoms with E-state index in [1.54, 1.807) is 18.4 Å². The van der Waals surface area contributed by atoms with Crippen molar-refractivity contribution in [1.82, 2.24) is 15.3 Å². The summed E-state index contributed by atoms with van der Waals surface area (Å²) in [7, 11) is 1.75. The van der Waals surface area contributed by atoms with Crippen LogP contribution in [-0.4, -0.2) is 61.0 Å². The minimum atomic E-state index is -0.350. The lowest BCUT2D eigenvalue weighted by atomic mass is 9.72. The third kappa shape index (κ3) is 9.15. The number of pyridine rings is 1. The highest BCUT2D eigenvalue weighted by Crippen LogP contribution is 2.41. The summed E-state index contributed by atoms with van der Waals surface area (Å²) in [6.45, 7) is 10.7. The molecule has 10 heteroatoms. The molecule has 3 aliphatic carbocycles. The molecular formula is C40H56N4O5S. The number of rotatable bonds is 9. The van der Waals surface area contributed by atoms with Crippen LogP contribution in [0.3, 0.4) is 0 Å². The predicted octanol–water partition coefficient (Wildman–Crippen LogP) is 8.60. The highest BCUT2D eigenvalue weighted by molar-refractivity contribution is 7.15.